The van der Waals surface area contributed by atoms with Crippen LogP contribution in [0.1, 0.15) is 28.5 Å². The van der Waals surface area contributed by atoms with E-state index in [1.54, 1.807) is 11.9 Å². The number of benzene rings is 1. The molecule has 0 saturated carbocycles. The van der Waals surface area contributed by atoms with Crippen LogP contribution < -0.4 is 0 Å². The van der Waals surface area contributed by atoms with Crippen molar-refractivity contribution in [2.75, 3.05) is 7.05 Å². The number of carbonyl (C=O) groups excluding carboxylic acids is 1. The Morgan fingerprint density at radius 3 is 2.81 bits per heavy atom. The van der Waals surface area contributed by atoms with Crippen LogP contribution >= 0.6 is 22.9 Å². The third-order valence-corrected chi connectivity index (χ3v) is 4.35. The second-order valence-electron chi connectivity index (χ2n) is 4.64. The molecule has 3 aromatic rings. The Labute approximate surface area is 130 Å². The van der Waals surface area contributed by atoms with Crippen LogP contribution in [-0.4, -0.2) is 28.1 Å². The zero-order chi connectivity index (χ0) is 15.0. The summed E-state index contributed by atoms with van der Waals surface area (Å²) in [5.74, 6) is 0.495. The molecule has 2 heterocycles. The molecule has 0 aliphatic heterocycles. The van der Waals surface area contributed by atoms with Gasteiger partial charge in [-0.3, -0.25) is 4.79 Å². The lowest BCUT2D eigenvalue weighted by atomic mass is 10.2. The van der Waals surface area contributed by atoms with E-state index in [0.29, 0.717) is 0 Å². The average Bonchev–Trinajstić information content (AvgIpc) is 3.10. The van der Waals surface area contributed by atoms with Crippen LogP contribution in [0.15, 0.2) is 34.7 Å². The zero-order valence-corrected chi connectivity index (χ0v) is 13.0. The number of rotatable bonds is 3. The quantitative estimate of drug-likeness (QED) is 0.736. The Morgan fingerprint density at radius 1 is 1.38 bits per heavy atom. The molecule has 1 amide bonds. The van der Waals surface area contributed by atoms with Gasteiger partial charge in [0.1, 0.15) is 11.3 Å². The summed E-state index contributed by atoms with van der Waals surface area (Å²) >= 11 is 6.78. The van der Waals surface area contributed by atoms with Crippen molar-refractivity contribution in [2.24, 2.45) is 0 Å². The Morgan fingerprint density at radius 2 is 2.14 bits per heavy atom. The highest BCUT2D eigenvalue weighted by Crippen LogP contribution is 2.28. The van der Waals surface area contributed by atoms with Crippen LogP contribution in [0.3, 0.4) is 0 Å². The third kappa shape index (κ3) is 2.64. The second kappa shape index (κ2) is 5.46. The first-order valence-electron chi connectivity index (χ1n) is 6.31. The van der Waals surface area contributed by atoms with Crippen molar-refractivity contribution in [2.45, 2.75) is 13.0 Å². The van der Waals surface area contributed by atoms with Gasteiger partial charge < -0.3 is 9.32 Å². The van der Waals surface area contributed by atoms with Gasteiger partial charge in [0.05, 0.1) is 6.04 Å². The molecule has 0 aliphatic rings. The number of aromatic nitrogens is 2. The molecule has 2 aromatic heterocycles. The molecule has 0 spiro atoms. The fourth-order valence-corrected chi connectivity index (χ4v) is 2.83. The van der Waals surface area contributed by atoms with Crippen LogP contribution in [0.25, 0.3) is 11.0 Å². The molecule has 0 saturated heterocycles. The molecule has 7 heteroatoms. The standard InChI is InChI=1S/C14H12ClN3O2S/c1-8(11-7-9-5-3-4-6-10(9)20-11)18(2)13(19)12-16-17-14(15)21-12/h3-8H,1-2H3. The van der Waals surface area contributed by atoms with Crippen molar-refractivity contribution in [1.82, 2.24) is 15.1 Å². The van der Waals surface area contributed by atoms with Crippen molar-refractivity contribution in [3.8, 4) is 0 Å². The summed E-state index contributed by atoms with van der Waals surface area (Å²) < 4.78 is 6.04. The average molecular weight is 322 g/mol. The SMILES string of the molecule is CC(c1cc2ccccc2o1)N(C)C(=O)c1nnc(Cl)s1. The Kier molecular flexibility index (Phi) is 3.65. The molecule has 1 atom stereocenters. The predicted molar refractivity (Wildman–Crippen MR) is 81.6 cm³/mol. The van der Waals surface area contributed by atoms with Crippen molar-refractivity contribution in [3.05, 3.63) is 45.6 Å². The fourth-order valence-electron chi connectivity index (χ4n) is 2.02. The molecular weight excluding hydrogens is 310 g/mol. The Balaban J connectivity index is 1.86. The van der Waals surface area contributed by atoms with Crippen LogP contribution in [0.4, 0.5) is 0 Å². The van der Waals surface area contributed by atoms with Crippen molar-refractivity contribution < 1.29 is 9.21 Å². The van der Waals surface area contributed by atoms with E-state index in [1.165, 1.54) is 0 Å². The number of halogens is 1. The van der Waals surface area contributed by atoms with E-state index in [-0.39, 0.29) is 21.4 Å². The molecule has 0 bridgehead atoms. The maximum Gasteiger partial charge on any atom is 0.285 e. The van der Waals surface area contributed by atoms with Gasteiger partial charge in [0, 0.05) is 12.4 Å². The van der Waals surface area contributed by atoms with Crippen LogP contribution in [-0.2, 0) is 0 Å². The first-order valence-corrected chi connectivity index (χ1v) is 7.50. The van der Waals surface area contributed by atoms with E-state index in [4.69, 9.17) is 16.0 Å². The lowest BCUT2D eigenvalue weighted by Crippen LogP contribution is -2.29. The zero-order valence-electron chi connectivity index (χ0n) is 11.4. The van der Waals surface area contributed by atoms with Gasteiger partial charge in [-0.05, 0) is 30.7 Å². The van der Waals surface area contributed by atoms with Gasteiger partial charge in [0.15, 0.2) is 0 Å². The number of furan rings is 1. The molecule has 0 fully saturated rings. The largest absolute Gasteiger partial charge is 0.459 e. The molecule has 0 N–H and O–H groups in total. The molecule has 0 aliphatic carbocycles. The Hall–Kier alpha value is -1.92. The Bertz CT molecular complexity index is 765. The summed E-state index contributed by atoms with van der Waals surface area (Å²) in [4.78, 5) is 13.9. The minimum Gasteiger partial charge on any atom is -0.459 e. The number of para-hydroxylation sites is 1. The summed E-state index contributed by atoms with van der Waals surface area (Å²) in [6.45, 7) is 1.90. The molecule has 108 valence electrons. The second-order valence-corrected chi connectivity index (χ2v) is 6.20. The van der Waals surface area contributed by atoms with Crippen LogP contribution in [0, 0.1) is 0 Å². The minimum atomic E-state index is -0.229. The van der Waals surface area contributed by atoms with Crippen molar-refractivity contribution >= 4 is 39.8 Å². The van der Waals surface area contributed by atoms with Gasteiger partial charge in [-0.2, -0.15) is 0 Å². The van der Waals surface area contributed by atoms with Gasteiger partial charge in [-0.1, -0.05) is 29.5 Å². The van der Waals surface area contributed by atoms with Crippen LogP contribution in [0.2, 0.25) is 4.47 Å². The van der Waals surface area contributed by atoms with E-state index in [1.807, 2.05) is 37.3 Å². The number of amides is 1. The van der Waals surface area contributed by atoms with E-state index in [0.717, 1.165) is 28.1 Å². The number of carbonyl (C=O) groups is 1. The number of hydrogen-bond acceptors (Lipinski definition) is 5. The summed E-state index contributed by atoms with van der Waals surface area (Å²) in [5, 5.41) is 8.70. The first kappa shape index (κ1) is 14.0. The summed E-state index contributed by atoms with van der Waals surface area (Å²) in [5.41, 5.74) is 0.805. The number of nitrogens with zero attached hydrogens (tertiary/aromatic N) is 3. The number of fused-ring (bicyclic) bond motifs is 1. The number of hydrogen-bond donors (Lipinski definition) is 0. The summed E-state index contributed by atoms with van der Waals surface area (Å²) in [7, 11) is 1.70. The maximum atomic E-state index is 12.3. The van der Waals surface area contributed by atoms with E-state index < -0.39 is 0 Å². The molecule has 1 unspecified atom stereocenters. The topological polar surface area (TPSA) is 59.2 Å². The van der Waals surface area contributed by atoms with Gasteiger partial charge in [0.25, 0.3) is 5.91 Å². The van der Waals surface area contributed by atoms with E-state index in [2.05, 4.69) is 10.2 Å². The third-order valence-electron chi connectivity index (χ3n) is 3.34. The van der Waals surface area contributed by atoms with E-state index in [9.17, 15) is 4.79 Å². The van der Waals surface area contributed by atoms with Crippen LogP contribution in [0.5, 0.6) is 0 Å². The normalized spacial score (nSPS) is 12.5. The van der Waals surface area contributed by atoms with Gasteiger partial charge in [-0.15, -0.1) is 10.2 Å². The highest BCUT2D eigenvalue weighted by atomic mass is 35.5. The maximum absolute atomic E-state index is 12.3. The van der Waals surface area contributed by atoms with Gasteiger partial charge >= 0.3 is 0 Å². The lowest BCUT2D eigenvalue weighted by molar-refractivity contribution is 0.0726. The highest BCUT2D eigenvalue weighted by molar-refractivity contribution is 7.17. The summed E-state index contributed by atoms with van der Waals surface area (Å²) in [6, 6.07) is 9.46. The monoisotopic (exact) mass is 321 g/mol. The minimum absolute atomic E-state index is 0.215. The molecular formula is C14H12ClN3O2S. The molecule has 21 heavy (non-hydrogen) atoms. The van der Waals surface area contributed by atoms with Crippen molar-refractivity contribution in [1.29, 1.82) is 0 Å². The van der Waals surface area contributed by atoms with E-state index >= 15 is 0 Å². The predicted octanol–water partition coefficient (Wildman–Crippen LogP) is 3.77. The smallest absolute Gasteiger partial charge is 0.285 e. The summed E-state index contributed by atoms with van der Waals surface area (Å²) in [6.07, 6.45) is 0. The fraction of sp³-hybridized carbons (Fsp3) is 0.214. The molecule has 5 nitrogen and oxygen atoms in total. The van der Waals surface area contributed by atoms with Gasteiger partial charge in [-0.25, -0.2) is 0 Å². The molecule has 1 aromatic carbocycles. The van der Waals surface area contributed by atoms with Gasteiger partial charge in [0.2, 0.25) is 9.47 Å². The first-order chi connectivity index (χ1) is 10.1. The molecule has 0 radical (unpaired) electrons. The molecule has 3 rings (SSSR count). The highest BCUT2D eigenvalue weighted by Gasteiger charge is 2.24. The lowest BCUT2D eigenvalue weighted by Gasteiger charge is -2.21. The van der Waals surface area contributed by atoms with Crippen molar-refractivity contribution in [3.63, 3.8) is 0 Å².